The van der Waals surface area contributed by atoms with Gasteiger partial charge in [0.2, 0.25) is 5.91 Å². The van der Waals surface area contributed by atoms with Crippen molar-refractivity contribution in [3.63, 3.8) is 0 Å². The van der Waals surface area contributed by atoms with Gasteiger partial charge in [0.15, 0.2) is 6.10 Å². The highest BCUT2D eigenvalue weighted by Crippen LogP contribution is 2.07. The van der Waals surface area contributed by atoms with Crippen LogP contribution in [0.25, 0.3) is 0 Å². The van der Waals surface area contributed by atoms with Crippen molar-refractivity contribution >= 4 is 18.0 Å². The van der Waals surface area contributed by atoms with Crippen molar-refractivity contribution in [2.24, 2.45) is 0 Å². The van der Waals surface area contributed by atoms with Crippen molar-refractivity contribution < 1.29 is 23.9 Å². The molecule has 0 bridgehead atoms. The minimum atomic E-state index is -1.04. The number of rotatable bonds is 5. The number of nitrogens with one attached hydrogen (secondary N) is 1. The Morgan fingerprint density at radius 1 is 1.44 bits per heavy atom. The number of hydrogen-bond donors (Lipinski definition) is 1. The van der Waals surface area contributed by atoms with Gasteiger partial charge in [-0.15, -0.1) is 0 Å². The Labute approximate surface area is 93.3 Å². The predicted molar refractivity (Wildman–Crippen MR) is 53.5 cm³/mol. The van der Waals surface area contributed by atoms with Crippen LogP contribution >= 0.6 is 0 Å². The number of ether oxygens (including phenoxy) is 2. The summed E-state index contributed by atoms with van der Waals surface area (Å²) in [5, 5.41) is 2.04. The molecular formula is C10H15NO5. The van der Waals surface area contributed by atoms with Gasteiger partial charge in [0.25, 0.3) is 5.91 Å². The van der Waals surface area contributed by atoms with E-state index in [2.05, 4.69) is 4.74 Å². The third-order valence-electron chi connectivity index (χ3n) is 2.13. The Kier molecular flexibility index (Phi) is 4.75. The fourth-order valence-corrected chi connectivity index (χ4v) is 1.28. The van der Waals surface area contributed by atoms with Crippen LogP contribution in [0.15, 0.2) is 0 Å². The summed E-state index contributed by atoms with van der Waals surface area (Å²) in [6.45, 7) is 2.31. The maximum Gasteiger partial charge on any atom is 0.509 e. The minimum absolute atomic E-state index is 0.122. The fourth-order valence-electron chi connectivity index (χ4n) is 1.28. The van der Waals surface area contributed by atoms with Crippen LogP contribution in [0.1, 0.15) is 32.6 Å². The third-order valence-corrected chi connectivity index (χ3v) is 2.13. The van der Waals surface area contributed by atoms with E-state index >= 15 is 0 Å². The minimum Gasteiger partial charge on any atom is -0.434 e. The van der Waals surface area contributed by atoms with Crippen molar-refractivity contribution in [1.29, 1.82) is 0 Å². The van der Waals surface area contributed by atoms with Crippen molar-refractivity contribution in [3.8, 4) is 0 Å². The molecule has 1 aliphatic rings. The fraction of sp³-hybridized carbons (Fsp3) is 0.700. The van der Waals surface area contributed by atoms with E-state index < -0.39 is 24.1 Å². The molecule has 0 aromatic heterocycles. The molecule has 1 unspecified atom stereocenters. The Morgan fingerprint density at radius 3 is 2.75 bits per heavy atom. The van der Waals surface area contributed by atoms with E-state index in [0.717, 1.165) is 19.3 Å². The van der Waals surface area contributed by atoms with Gasteiger partial charge in [0.1, 0.15) is 0 Å². The summed E-state index contributed by atoms with van der Waals surface area (Å²) in [7, 11) is 0. The van der Waals surface area contributed by atoms with Gasteiger partial charge in [-0.05, 0) is 6.42 Å². The number of amides is 2. The van der Waals surface area contributed by atoms with E-state index in [1.54, 1.807) is 0 Å². The van der Waals surface area contributed by atoms with Crippen LogP contribution in [-0.2, 0) is 19.1 Å². The van der Waals surface area contributed by atoms with Gasteiger partial charge < -0.3 is 9.47 Å². The molecule has 0 saturated carbocycles. The van der Waals surface area contributed by atoms with E-state index in [-0.39, 0.29) is 13.0 Å². The normalized spacial score (nSPS) is 19.4. The highest BCUT2D eigenvalue weighted by molar-refractivity contribution is 6.05. The summed E-state index contributed by atoms with van der Waals surface area (Å²) in [5.74, 6) is -1.02. The summed E-state index contributed by atoms with van der Waals surface area (Å²) in [4.78, 5) is 32.9. The molecule has 0 aliphatic carbocycles. The Balaban J connectivity index is 2.19. The highest BCUT2D eigenvalue weighted by atomic mass is 16.7. The largest absolute Gasteiger partial charge is 0.509 e. The first-order chi connectivity index (χ1) is 7.63. The van der Waals surface area contributed by atoms with Gasteiger partial charge in [-0.2, -0.15) is 0 Å². The molecule has 1 aliphatic heterocycles. The van der Waals surface area contributed by atoms with Crippen molar-refractivity contribution in [3.05, 3.63) is 0 Å². The predicted octanol–water partition coefficient (Wildman–Crippen LogP) is 0.745. The smallest absolute Gasteiger partial charge is 0.434 e. The number of imide groups is 1. The second-order valence-electron chi connectivity index (χ2n) is 3.53. The number of unbranched alkanes of at least 4 members (excludes halogenated alkanes) is 2. The molecule has 1 heterocycles. The zero-order valence-corrected chi connectivity index (χ0v) is 9.15. The van der Waals surface area contributed by atoms with E-state index in [4.69, 9.17) is 4.74 Å². The second kappa shape index (κ2) is 6.09. The first-order valence-corrected chi connectivity index (χ1v) is 5.30. The molecule has 6 heteroatoms. The average Bonchev–Trinajstić information content (AvgIpc) is 2.52. The Morgan fingerprint density at radius 2 is 2.19 bits per heavy atom. The van der Waals surface area contributed by atoms with E-state index in [0.29, 0.717) is 0 Å². The molecule has 1 saturated heterocycles. The summed E-state index contributed by atoms with van der Waals surface area (Å²) in [6, 6.07) is 0. The molecule has 2 amide bonds. The summed E-state index contributed by atoms with van der Waals surface area (Å²) in [6.07, 6.45) is 0.704. The number of carbonyl (C=O) groups excluding carboxylic acids is 3. The summed E-state index contributed by atoms with van der Waals surface area (Å²) in [5.41, 5.74) is 0. The van der Waals surface area contributed by atoms with Crippen LogP contribution in [0.2, 0.25) is 0 Å². The molecule has 16 heavy (non-hydrogen) atoms. The molecule has 0 radical (unpaired) electrons. The van der Waals surface area contributed by atoms with Crippen molar-refractivity contribution in [2.75, 3.05) is 6.61 Å². The Hall–Kier alpha value is -1.59. The first kappa shape index (κ1) is 12.5. The molecular weight excluding hydrogens is 214 g/mol. The van der Waals surface area contributed by atoms with Crippen LogP contribution in [0.5, 0.6) is 0 Å². The molecule has 6 nitrogen and oxygen atoms in total. The lowest BCUT2D eigenvalue weighted by Crippen LogP contribution is -2.28. The Bertz CT molecular complexity index is 289. The summed E-state index contributed by atoms with van der Waals surface area (Å²) < 4.78 is 9.42. The van der Waals surface area contributed by atoms with Gasteiger partial charge in [-0.25, -0.2) is 4.79 Å². The maximum atomic E-state index is 11.1. The number of hydrogen-bond acceptors (Lipinski definition) is 5. The van der Waals surface area contributed by atoms with Crippen molar-refractivity contribution in [1.82, 2.24) is 5.32 Å². The third kappa shape index (κ3) is 3.88. The lowest BCUT2D eigenvalue weighted by molar-refractivity contribution is -0.128. The van der Waals surface area contributed by atoms with Crippen LogP contribution < -0.4 is 5.32 Å². The molecule has 1 atom stereocenters. The average molecular weight is 229 g/mol. The van der Waals surface area contributed by atoms with Gasteiger partial charge in [0.05, 0.1) is 13.0 Å². The molecule has 1 fully saturated rings. The SMILES string of the molecule is CCCCCOC(=O)OC1CC(=O)NC1=O. The quantitative estimate of drug-likeness (QED) is 0.427. The molecule has 90 valence electrons. The van der Waals surface area contributed by atoms with Crippen LogP contribution in [0, 0.1) is 0 Å². The molecule has 0 aromatic rings. The van der Waals surface area contributed by atoms with Crippen molar-refractivity contribution in [2.45, 2.75) is 38.7 Å². The van der Waals surface area contributed by atoms with E-state index in [9.17, 15) is 14.4 Å². The lowest BCUT2D eigenvalue weighted by Gasteiger charge is -2.08. The van der Waals surface area contributed by atoms with Crippen LogP contribution in [-0.4, -0.2) is 30.7 Å². The standard InChI is InChI=1S/C10H15NO5/c1-2-3-4-5-15-10(14)16-7-6-8(12)11-9(7)13/h7H,2-6H2,1H3,(H,11,12,13). The highest BCUT2D eigenvalue weighted by Gasteiger charge is 2.34. The molecule has 1 N–H and O–H groups in total. The molecule has 0 spiro atoms. The van der Waals surface area contributed by atoms with Gasteiger partial charge in [0, 0.05) is 0 Å². The topological polar surface area (TPSA) is 81.7 Å². The van der Waals surface area contributed by atoms with Gasteiger partial charge in [-0.3, -0.25) is 14.9 Å². The zero-order chi connectivity index (χ0) is 12.0. The summed E-state index contributed by atoms with van der Waals surface area (Å²) >= 11 is 0. The van der Waals surface area contributed by atoms with Crippen LogP contribution in [0.4, 0.5) is 4.79 Å². The zero-order valence-electron chi connectivity index (χ0n) is 9.15. The van der Waals surface area contributed by atoms with Gasteiger partial charge >= 0.3 is 6.16 Å². The maximum absolute atomic E-state index is 11.1. The van der Waals surface area contributed by atoms with E-state index in [1.165, 1.54) is 0 Å². The molecule has 1 rings (SSSR count). The lowest BCUT2D eigenvalue weighted by atomic mass is 10.3. The monoisotopic (exact) mass is 229 g/mol. The molecule has 0 aromatic carbocycles. The number of carbonyl (C=O) groups is 3. The second-order valence-corrected chi connectivity index (χ2v) is 3.53. The first-order valence-electron chi connectivity index (χ1n) is 5.30. The van der Waals surface area contributed by atoms with Crippen LogP contribution in [0.3, 0.4) is 0 Å². The van der Waals surface area contributed by atoms with Gasteiger partial charge in [-0.1, -0.05) is 19.8 Å². The van der Waals surface area contributed by atoms with E-state index in [1.807, 2.05) is 12.2 Å².